The number of carbonyl (C=O) groups excluding carboxylic acids is 4. The molecule has 1 rings (SSSR count). The minimum atomic E-state index is -0.684. The Morgan fingerprint density at radius 3 is 1.39 bits per heavy atom. The van der Waals surface area contributed by atoms with E-state index in [4.69, 9.17) is 24.1 Å². The number of piperazine rings is 1. The van der Waals surface area contributed by atoms with Crippen LogP contribution in [-0.2, 0) is 42.9 Å². The Morgan fingerprint density at radius 2 is 0.929 bits per heavy atom. The molecule has 0 aliphatic carbocycles. The van der Waals surface area contributed by atoms with Crippen molar-refractivity contribution in [2.75, 3.05) is 98.7 Å². The summed E-state index contributed by atoms with van der Waals surface area (Å²) < 4.78 is 21.5. The molecule has 3 N–H and O–H groups in total. The van der Waals surface area contributed by atoms with Crippen LogP contribution in [0.5, 0.6) is 0 Å². The molecule has 0 atom stereocenters. The monoisotopic (exact) mass is 799 g/mol. The summed E-state index contributed by atoms with van der Waals surface area (Å²) in [5, 5.41) is 14.2. The number of hydrogen-bond acceptors (Lipinski definition) is 10. The third-order valence-electron chi connectivity index (χ3n) is 9.81. The largest absolute Gasteiger partial charge is 0.481 e. The Bertz CT molecular complexity index is 1050. The Kier molecular flexibility index (Phi) is 31.6. The lowest BCUT2D eigenvalue weighted by Gasteiger charge is -2.34. The molecule has 0 bridgehead atoms. The number of nitrogens with zero attached hydrogens (tertiary/aromatic N) is 2. The van der Waals surface area contributed by atoms with Crippen molar-refractivity contribution in [3.05, 3.63) is 0 Å². The summed E-state index contributed by atoms with van der Waals surface area (Å²) in [4.78, 5) is 63.2. The van der Waals surface area contributed by atoms with Gasteiger partial charge in [-0.15, -0.1) is 0 Å². The molecule has 1 aliphatic rings. The molecular formula is C42H78N4O10. The standard InChI is InChI=1S/C42H78N4O10/c1-42(2,3)37(47)35-55-32-30-54-29-23-44-39(49)36-56-33-31-53-28-22-43-38(48)34-45-24-26-46(27-25-45)40(50)20-18-16-14-12-10-8-6-4-5-7-9-11-13-15-17-19-21-41(51)52/h4-36H2,1-3H3,(H,43,48)(H,44,49)(H,51,52). The predicted octanol–water partition coefficient (Wildman–Crippen LogP) is 5.15. The zero-order chi connectivity index (χ0) is 41.1. The number of unbranched alkanes of at least 4 members (excludes halogenated alkanes) is 15. The van der Waals surface area contributed by atoms with E-state index in [-0.39, 0.29) is 43.3 Å². The third kappa shape index (κ3) is 31.4. The summed E-state index contributed by atoms with van der Waals surface area (Å²) in [6.45, 7) is 11.2. The lowest BCUT2D eigenvalue weighted by Crippen LogP contribution is -2.51. The van der Waals surface area contributed by atoms with E-state index in [2.05, 4.69) is 15.5 Å². The van der Waals surface area contributed by atoms with Crippen molar-refractivity contribution in [3.63, 3.8) is 0 Å². The molecule has 14 heteroatoms. The molecule has 0 aromatic heterocycles. The van der Waals surface area contributed by atoms with Crippen LogP contribution in [0.3, 0.4) is 0 Å². The molecule has 326 valence electrons. The van der Waals surface area contributed by atoms with Crippen molar-refractivity contribution >= 4 is 29.5 Å². The van der Waals surface area contributed by atoms with Crippen LogP contribution in [-0.4, -0.2) is 143 Å². The number of ether oxygens (including phenoxy) is 4. The van der Waals surface area contributed by atoms with Crippen LogP contribution in [0.1, 0.15) is 136 Å². The molecule has 0 unspecified atom stereocenters. The molecule has 1 aliphatic heterocycles. The minimum absolute atomic E-state index is 0.0402. The maximum Gasteiger partial charge on any atom is 0.303 e. The molecule has 1 fully saturated rings. The van der Waals surface area contributed by atoms with Crippen molar-refractivity contribution in [2.24, 2.45) is 5.41 Å². The van der Waals surface area contributed by atoms with Gasteiger partial charge in [-0.2, -0.15) is 0 Å². The number of carboxylic acids is 1. The number of aliphatic carboxylic acids is 1. The van der Waals surface area contributed by atoms with E-state index in [0.717, 1.165) is 32.1 Å². The van der Waals surface area contributed by atoms with Crippen molar-refractivity contribution in [2.45, 2.75) is 136 Å². The van der Waals surface area contributed by atoms with Gasteiger partial charge in [-0.25, -0.2) is 0 Å². The van der Waals surface area contributed by atoms with Crippen LogP contribution < -0.4 is 10.6 Å². The second kappa shape index (κ2) is 34.4. The summed E-state index contributed by atoms with van der Waals surface area (Å²) in [6, 6.07) is 0. The fourth-order valence-corrected chi connectivity index (χ4v) is 6.16. The number of hydrogen-bond donors (Lipinski definition) is 3. The number of carbonyl (C=O) groups is 5. The van der Waals surface area contributed by atoms with Gasteiger partial charge in [-0.05, 0) is 12.8 Å². The molecule has 0 aromatic rings. The molecule has 0 radical (unpaired) electrons. The van der Waals surface area contributed by atoms with Gasteiger partial charge in [0.05, 0.1) is 46.2 Å². The zero-order valence-corrected chi connectivity index (χ0v) is 35.4. The van der Waals surface area contributed by atoms with Gasteiger partial charge >= 0.3 is 5.97 Å². The molecule has 56 heavy (non-hydrogen) atoms. The predicted molar refractivity (Wildman–Crippen MR) is 218 cm³/mol. The van der Waals surface area contributed by atoms with Crippen LogP contribution in [0.25, 0.3) is 0 Å². The maximum absolute atomic E-state index is 12.7. The van der Waals surface area contributed by atoms with Crippen LogP contribution in [0.2, 0.25) is 0 Å². The van der Waals surface area contributed by atoms with Crippen LogP contribution in [0, 0.1) is 5.41 Å². The van der Waals surface area contributed by atoms with Gasteiger partial charge < -0.3 is 39.6 Å². The van der Waals surface area contributed by atoms with Crippen LogP contribution >= 0.6 is 0 Å². The van der Waals surface area contributed by atoms with E-state index < -0.39 is 11.4 Å². The summed E-state index contributed by atoms with van der Waals surface area (Å²) >= 11 is 0. The lowest BCUT2D eigenvalue weighted by molar-refractivity contribution is -0.137. The van der Waals surface area contributed by atoms with E-state index in [9.17, 15) is 24.0 Å². The number of rotatable bonds is 37. The average molecular weight is 799 g/mol. The number of carboxylic acid groups (broad SMARTS) is 1. The minimum Gasteiger partial charge on any atom is -0.481 e. The fourth-order valence-electron chi connectivity index (χ4n) is 6.16. The highest BCUT2D eigenvalue weighted by Gasteiger charge is 2.22. The lowest BCUT2D eigenvalue weighted by atomic mass is 9.91. The summed E-state index contributed by atoms with van der Waals surface area (Å²) in [5.74, 6) is -0.733. The smallest absolute Gasteiger partial charge is 0.303 e. The van der Waals surface area contributed by atoms with E-state index >= 15 is 0 Å². The van der Waals surface area contributed by atoms with E-state index in [1.54, 1.807) is 0 Å². The summed E-state index contributed by atoms with van der Waals surface area (Å²) in [7, 11) is 0. The van der Waals surface area contributed by atoms with E-state index in [0.29, 0.717) is 91.7 Å². The number of ketones is 1. The molecule has 1 saturated heterocycles. The highest BCUT2D eigenvalue weighted by molar-refractivity contribution is 5.84. The quantitative estimate of drug-likeness (QED) is 0.0710. The SMILES string of the molecule is CC(C)(C)C(=O)COCCOCCNC(=O)COCCOCCNC(=O)CN1CCN(C(=O)CCCCCCCCCCCCCCCCCCC(=O)O)CC1. The van der Waals surface area contributed by atoms with Crippen molar-refractivity contribution in [1.82, 2.24) is 20.4 Å². The highest BCUT2D eigenvalue weighted by atomic mass is 16.5. The first-order valence-electron chi connectivity index (χ1n) is 21.6. The normalized spacial score (nSPS) is 13.5. The third-order valence-corrected chi connectivity index (χ3v) is 9.81. The number of nitrogens with one attached hydrogen (secondary N) is 2. The summed E-state index contributed by atoms with van der Waals surface area (Å²) in [6.07, 6.45) is 20.1. The number of Topliss-reactive ketones (excluding diaryl/α,β-unsaturated/α-hetero) is 1. The molecule has 1 heterocycles. The first-order valence-corrected chi connectivity index (χ1v) is 21.6. The first-order chi connectivity index (χ1) is 27.0. The Hall–Kier alpha value is -2.65. The van der Waals surface area contributed by atoms with Gasteiger partial charge in [-0.1, -0.05) is 111 Å². The van der Waals surface area contributed by atoms with Gasteiger partial charge in [0, 0.05) is 57.5 Å². The Balaban J connectivity index is 1.86. The Labute approximate surface area is 337 Å². The molecule has 3 amide bonds. The van der Waals surface area contributed by atoms with Gasteiger partial charge in [-0.3, -0.25) is 28.9 Å². The van der Waals surface area contributed by atoms with Gasteiger partial charge in [0.15, 0.2) is 5.78 Å². The highest BCUT2D eigenvalue weighted by Crippen LogP contribution is 2.16. The molecule has 0 saturated carbocycles. The van der Waals surface area contributed by atoms with E-state index in [1.807, 2.05) is 25.7 Å². The average Bonchev–Trinajstić information content (AvgIpc) is 3.16. The van der Waals surface area contributed by atoms with Crippen molar-refractivity contribution in [1.29, 1.82) is 0 Å². The van der Waals surface area contributed by atoms with Gasteiger partial charge in [0.1, 0.15) is 13.2 Å². The van der Waals surface area contributed by atoms with Crippen LogP contribution in [0.4, 0.5) is 0 Å². The van der Waals surface area contributed by atoms with Crippen molar-refractivity contribution < 1.29 is 48.0 Å². The fraction of sp³-hybridized carbons (Fsp3) is 0.881. The topological polar surface area (TPSA) is 173 Å². The molecule has 0 aromatic carbocycles. The van der Waals surface area contributed by atoms with Crippen LogP contribution in [0.15, 0.2) is 0 Å². The number of amides is 3. The first kappa shape index (κ1) is 51.4. The molecule has 0 spiro atoms. The summed E-state index contributed by atoms with van der Waals surface area (Å²) in [5.41, 5.74) is -0.418. The molecule has 14 nitrogen and oxygen atoms in total. The van der Waals surface area contributed by atoms with Crippen molar-refractivity contribution in [3.8, 4) is 0 Å². The zero-order valence-electron chi connectivity index (χ0n) is 35.4. The van der Waals surface area contributed by atoms with Gasteiger partial charge in [0.2, 0.25) is 17.7 Å². The second-order valence-corrected chi connectivity index (χ2v) is 15.9. The van der Waals surface area contributed by atoms with Gasteiger partial charge in [0.25, 0.3) is 0 Å². The van der Waals surface area contributed by atoms with E-state index in [1.165, 1.54) is 70.6 Å². The molecular weight excluding hydrogens is 720 g/mol. The maximum atomic E-state index is 12.7. The Morgan fingerprint density at radius 1 is 0.518 bits per heavy atom. The second-order valence-electron chi connectivity index (χ2n) is 15.9.